The molecule has 17 heteroatoms. The minimum Gasteiger partial charge on any atom is -0.691 e. The van der Waals surface area contributed by atoms with E-state index in [0.29, 0.717) is 6.47 Å². The van der Waals surface area contributed by atoms with Crippen molar-refractivity contribution in [2.75, 3.05) is 13.2 Å². The van der Waals surface area contributed by atoms with Gasteiger partial charge < -0.3 is 34.6 Å². The SMILES string of the molecule is C.CC(C)(CO)SOOF.CC(C)(CO[C-]=O)SOO[O-].C[C-]=O.O=[C-]O.[Y].[Y].[Y]. The Hall–Kier alpha value is 2.31. The van der Waals surface area contributed by atoms with Crippen molar-refractivity contribution < 1.29 is 156 Å². The smallest absolute Gasteiger partial charge is 0.0703 e. The fourth-order valence-electron chi connectivity index (χ4n) is 0.465. The van der Waals surface area contributed by atoms with Crippen LogP contribution in [-0.2, 0) is 136 Å². The van der Waals surface area contributed by atoms with E-state index in [0.717, 1.165) is 24.1 Å². The maximum atomic E-state index is 10.8. The van der Waals surface area contributed by atoms with Gasteiger partial charge in [-0.2, -0.15) is 11.3 Å². The van der Waals surface area contributed by atoms with Gasteiger partial charge in [0.05, 0.1) is 22.7 Å². The Kier molecular flexibility index (Phi) is 74.2. The molecular formula is C13H25FO11S2Y3-4. The van der Waals surface area contributed by atoms with Gasteiger partial charge in [0.15, 0.2) is 0 Å². The van der Waals surface area contributed by atoms with Crippen LogP contribution in [0.1, 0.15) is 42.0 Å². The molecule has 175 valence electrons. The molecule has 0 aromatic heterocycles. The van der Waals surface area contributed by atoms with Crippen LogP contribution in [0.25, 0.3) is 0 Å². The molecule has 0 amide bonds. The van der Waals surface area contributed by atoms with Crippen molar-refractivity contribution in [1.29, 1.82) is 0 Å². The van der Waals surface area contributed by atoms with E-state index in [1.807, 2.05) is 0 Å². The van der Waals surface area contributed by atoms with E-state index in [1.165, 1.54) is 19.7 Å². The summed E-state index contributed by atoms with van der Waals surface area (Å²) in [5, 5.41) is 30.6. The molecule has 2 N–H and O–H groups in total. The summed E-state index contributed by atoms with van der Waals surface area (Å²) in [6, 6.07) is 0. The number of aliphatic hydroxyl groups is 1. The first-order valence-electron chi connectivity index (χ1n) is 6.25. The van der Waals surface area contributed by atoms with E-state index in [-0.39, 0.29) is 119 Å². The zero-order valence-corrected chi connectivity index (χ0v) is 26.6. The zero-order chi connectivity index (χ0) is 21.5. The Bertz CT molecular complexity index is 329. The normalized spacial score (nSPS) is 8.53. The number of aliphatic hydroxyl groups excluding tert-OH is 2. The second kappa shape index (κ2) is 41.6. The molecule has 0 atom stereocenters. The number of halogens is 1. The fourth-order valence-corrected chi connectivity index (χ4v) is 1.05. The Morgan fingerprint density at radius 3 is 1.63 bits per heavy atom. The molecule has 0 spiro atoms. The van der Waals surface area contributed by atoms with Crippen LogP contribution in [-0.4, -0.2) is 52.2 Å². The molecule has 3 radical (unpaired) electrons. The summed E-state index contributed by atoms with van der Waals surface area (Å²) in [6.45, 7) is 9.90. The molecule has 0 aliphatic rings. The van der Waals surface area contributed by atoms with Gasteiger partial charge in [0, 0.05) is 122 Å². The van der Waals surface area contributed by atoms with Crippen molar-refractivity contribution in [3.8, 4) is 0 Å². The quantitative estimate of drug-likeness (QED) is 0.145. The molecule has 30 heavy (non-hydrogen) atoms. The van der Waals surface area contributed by atoms with E-state index >= 15 is 0 Å². The first kappa shape index (κ1) is 53.6. The van der Waals surface area contributed by atoms with Crippen LogP contribution >= 0.6 is 24.1 Å². The first-order valence-corrected chi connectivity index (χ1v) is 7.73. The monoisotopic (exact) mass is 707 g/mol. The summed E-state index contributed by atoms with van der Waals surface area (Å²) < 4.78 is 22.1. The molecule has 0 aromatic carbocycles. The van der Waals surface area contributed by atoms with Gasteiger partial charge in [0.2, 0.25) is 0 Å². The van der Waals surface area contributed by atoms with Crippen LogP contribution < -0.4 is 5.26 Å². The van der Waals surface area contributed by atoms with Crippen molar-refractivity contribution in [1.82, 2.24) is 0 Å². The van der Waals surface area contributed by atoms with Crippen molar-refractivity contribution in [3.05, 3.63) is 0 Å². The Balaban J connectivity index is -0.0000000387. The molecule has 0 heterocycles. The summed E-state index contributed by atoms with van der Waals surface area (Å²) >= 11 is 1.51. The molecule has 11 nitrogen and oxygen atoms in total. The predicted octanol–water partition coefficient (Wildman–Crippen LogP) is 1.31. The van der Waals surface area contributed by atoms with Crippen LogP contribution in [0.4, 0.5) is 4.53 Å². The van der Waals surface area contributed by atoms with Crippen LogP contribution in [0.15, 0.2) is 0 Å². The van der Waals surface area contributed by atoms with E-state index in [4.69, 9.17) is 19.8 Å². The predicted molar refractivity (Wildman–Crippen MR) is 93.9 cm³/mol. The van der Waals surface area contributed by atoms with Gasteiger partial charge in [-0.15, -0.1) is 4.33 Å². The van der Waals surface area contributed by atoms with E-state index < -0.39 is 9.49 Å². The van der Waals surface area contributed by atoms with Crippen molar-refractivity contribution in [3.63, 3.8) is 0 Å². The van der Waals surface area contributed by atoms with Crippen LogP contribution in [0, 0.1) is 0 Å². The second-order valence-corrected chi connectivity index (χ2v) is 7.59. The minimum atomic E-state index is -0.522. The number of carbonyl (C=O) groups excluding carboxylic acids is 2. The van der Waals surface area contributed by atoms with Crippen molar-refractivity contribution in [2.24, 2.45) is 0 Å². The molecule has 0 unspecified atom stereocenters. The van der Waals surface area contributed by atoms with Gasteiger partial charge in [0.25, 0.3) is 0 Å². The average Bonchev–Trinajstić information content (AvgIpc) is 2.58. The summed E-state index contributed by atoms with van der Waals surface area (Å²) in [7, 11) is 0. The van der Waals surface area contributed by atoms with E-state index in [1.54, 1.807) is 27.7 Å². The minimum absolute atomic E-state index is 0. The van der Waals surface area contributed by atoms with Gasteiger partial charge in [-0.1, -0.05) is 20.4 Å². The van der Waals surface area contributed by atoms with Gasteiger partial charge in [-0.3, -0.25) is 11.3 Å². The average molecular weight is 707 g/mol. The third-order valence-electron chi connectivity index (χ3n) is 1.43. The van der Waals surface area contributed by atoms with Gasteiger partial charge in [0.1, 0.15) is 0 Å². The summed E-state index contributed by atoms with van der Waals surface area (Å²) in [4.78, 5) is 26.6. The van der Waals surface area contributed by atoms with Crippen molar-refractivity contribution >= 4 is 43.3 Å². The third-order valence-corrected chi connectivity index (χ3v) is 2.82. The summed E-state index contributed by atoms with van der Waals surface area (Å²) in [5.41, 5.74) is 0. The Morgan fingerprint density at radius 2 is 1.37 bits per heavy atom. The molecule has 0 saturated carbocycles. The third kappa shape index (κ3) is 63.1. The summed E-state index contributed by atoms with van der Waals surface area (Å²) in [6.07, 6.45) is 1.50. The Morgan fingerprint density at radius 1 is 1.00 bits per heavy atom. The molecule has 0 aliphatic heterocycles. The topological polar surface area (TPSA) is 161 Å². The molecule has 0 fully saturated rings. The van der Waals surface area contributed by atoms with E-state index in [9.17, 15) is 14.6 Å². The van der Waals surface area contributed by atoms with Crippen LogP contribution in [0.2, 0.25) is 0 Å². The Labute approximate surface area is 260 Å². The first-order chi connectivity index (χ1) is 12.1. The second-order valence-electron chi connectivity index (χ2n) is 4.78. The van der Waals surface area contributed by atoms with Gasteiger partial charge in [-0.05, 0) is 37.3 Å². The fraction of sp³-hybridized carbons (Fsp3) is 0.769. The maximum Gasteiger partial charge on any atom is 0.0703 e. The number of rotatable bonds is 10. The molecule has 0 saturated heterocycles. The molecule has 0 aliphatic carbocycles. The largest absolute Gasteiger partial charge is 0.691 e. The maximum absolute atomic E-state index is 10.8. The van der Waals surface area contributed by atoms with E-state index in [2.05, 4.69) is 23.5 Å². The number of hydrogen-bond acceptors (Lipinski definition) is 12. The van der Waals surface area contributed by atoms with Crippen LogP contribution in [0.3, 0.4) is 0 Å². The number of hydrogen-bond donors (Lipinski definition) is 2. The van der Waals surface area contributed by atoms with Gasteiger partial charge in [-0.25, -0.2) is 0 Å². The standard InChI is InChI=1S/C5H9O5S.C4H9FO3S.C2H3O.CHO2.CH4.3Y/c1-5(2,3-8-4-6)11-10-9-7;1-4(2,3-6)9-8-7-5;1-2-3;2-1-3;;;;/h7H,3H2,1-2H3;6H,3H2,1-2H3;1H3;(H,2,3);1H4;;;/q-1;;2*-1;;;;/p-1. The van der Waals surface area contributed by atoms with Gasteiger partial charge >= 0.3 is 0 Å². The molecular weight excluding hydrogens is 682 g/mol. The van der Waals surface area contributed by atoms with Crippen molar-refractivity contribution in [2.45, 2.75) is 51.5 Å². The summed E-state index contributed by atoms with van der Waals surface area (Å²) in [5.74, 6) is 0. The zero-order valence-electron chi connectivity index (χ0n) is 16.4. The van der Waals surface area contributed by atoms with Crippen LogP contribution in [0.5, 0.6) is 0 Å². The molecule has 0 aromatic rings. The molecule has 0 rings (SSSR count). The molecule has 0 bridgehead atoms. The number of ether oxygens (including phenoxy) is 1.